The van der Waals surface area contributed by atoms with Crippen molar-refractivity contribution in [2.45, 2.75) is 163 Å². The van der Waals surface area contributed by atoms with Crippen LogP contribution in [-0.2, 0) is 18.4 Å². The first-order chi connectivity index (χ1) is 22.7. The zero-order chi connectivity index (χ0) is 37.4. The van der Waals surface area contributed by atoms with Gasteiger partial charge in [0.15, 0.2) is 22.7 Å². The van der Waals surface area contributed by atoms with Crippen LogP contribution >= 0.6 is 0 Å². The van der Waals surface area contributed by atoms with E-state index in [4.69, 9.17) is 13.6 Å². The zero-order valence-electron chi connectivity index (χ0n) is 33.6. The third-order valence-corrected chi connectivity index (χ3v) is 21.2. The van der Waals surface area contributed by atoms with Gasteiger partial charge in [-0.3, -0.25) is 0 Å². The Balaban J connectivity index is 2.48. The van der Waals surface area contributed by atoms with E-state index in [9.17, 15) is 9.90 Å². The lowest BCUT2D eigenvalue weighted by atomic mass is 9.72. The molecular weight excluding hydrogens is 641 g/mol. The summed E-state index contributed by atoms with van der Waals surface area (Å²) in [6.45, 7) is 32.3. The quantitative estimate of drug-likeness (QED) is 0.0948. The van der Waals surface area contributed by atoms with Crippen molar-refractivity contribution < 1.29 is 23.5 Å². The molecule has 0 aliphatic carbocycles. The predicted octanol–water partition coefficient (Wildman–Crippen LogP) is 11.3. The van der Waals surface area contributed by atoms with Crippen LogP contribution < -0.4 is 0 Å². The Morgan fingerprint density at radius 2 is 1.20 bits per heavy atom. The standard InChI is InChI=1S/C42H70O5Si2/c1-16-36(46-49(17-2,18-3)19-4)42(12,13)39(43)32(7)30(5)31(6)33(8)45-40(44)38(47-48(14,15)41(9,10)11)37(34-26-22-20-23-27-34)35-28-24-21-25-29-35/h20-29,32-33,36-39,43H,16-19H2,1-15H3/b31-30+/t32-,33?,36?,38+,39-/m0/s1. The summed E-state index contributed by atoms with van der Waals surface area (Å²) in [4.78, 5) is 14.5. The summed E-state index contributed by atoms with van der Waals surface area (Å²) in [5, 5.41) is 11.8. The molecule has 0 amide bonds. The molecule has 0 bridgehead atoms. The first kappa shape index (κ1) is 43.1. The van der Waals surface area contributed by atoms with Crippen molar-refractivity contribution in [1.29, 1.82) is 0 Å². The fourth-order valence-corrected chi connectivity index (χ4v) is 11.0. The number of carbonyl (C=O) groups excluding carboxylic acids is 1. The van der Waals surface area contributed by atoms with Gasteiger partial charge in [-0.1, -0.05) is 135 Å². The second-order valence-electron chi connectivity index (χ2n) is 16.4. The molecule has 0 saturated heterocycles. The van der Waals surface area contributed by atoms with E-state index in [2.05, 4.69) is 114 Å². The Hall–Kier alpha value is -2.04. The summed E-state index contributed by atoms with van der Waals surface area (Å²) < 4.78 is 20.4. The predicted molar refractivity (Wildman–Crippen MR) is 212 cm³/mol. The molecule has 2 aromatic carbocycles. The van der Waals surface area contributed by atoms with Crippen LogP contribution in [0.2, 0.25) is 36.3 Å². The van der Waals surface area contributed by atoms with Gasteiger partial charge >= 0.3 is 5.97 Å². The molecule has 0 aromatic heterocycles. The normalized spacial score (nSPS) is 16.8. The van der Waals surface area contributed by atoms with Crippen LogP contribution in [0.5, 0.6) is 0 Å². The minimum atomic E-state index is -2.41. The second kappa shape index (κ2) is 17.9. The molecule has 0 saturated carbocycles. The SMILES string of the molecule is CCC(O[Si](CC)(CC)CC)C(C)(C)[C@@H](O)[C@@H](C)/C(C)=C(\C)C(C)OC(=O)[C@H](O[Si](C)(C)C(C)(C)C)C(c1ccccc1)c1ccccc1. The van der Waals surface area contributed by atoms with E-state index in [1.807, 2.05) is 50.2 Å². The second-order valence-corrected chi connectivity index (χ2v) is 25.8. The summed E-state index contributed by atoms with van der Waals surface area (Å²) in [5.74, 6) is -0.857. The van der Waals surface area contributed by atoms with Gasteiger partial charge in [-0.05, 0) is 80.2 Å². The van der Waals surface area contributed by atoms with E-state index in [0.29, 0.717) is 0 Å². The fraction of sp³-hybridized carbons (Fsp3) is 0.643. The van der Waals surface area contributed by atoms with Crippen molar-refractivity contribution in [2.75, 3.05) is 0 Å². The maximum atomic E-state index is 14.5. The van der Waals surface area contributed by atoms with Crippen LogP contribution in [0.1, 0.15) is 113 Å². The molecule has 0 heterocycles. The van der Waals surface area contributed by atoms with Gasteiger partial charge in [0, 0.05) is 17.3 Å². The van der Waals surface area contributed by atoms with Crippen molar-refractivity contribution >= 4 is 22.6 Å². The smallest absolute Gasteiger partial charge is 0.335 e. The first-order valence-electron chi connectivity index (χ1n) is 18.7. The maximum Gasteiger partial charge on any atom is 0.335 e. The van der Waals surface area contributed by atoms with E-state index >= 15 is 0 Å². The minimum absolute atomic E-state index is 0.0408. The number of aliphatic hydroxyl groups excluding tert-OH is 1. The summed E-state index contributed by atoms with van der Waals surface area (Å²) in [5.41, 5.74) is 3.54. The van der Waals surface area contributed by atoms with Crippen LogP contribution in [0.15, 0.2) is 71.8 Å². The highest BCUT2D eigenvalue weighted by molar-refractivity contribution is 6.74. The molecule has 276 valence electrons. The van der Waals surface area contributed by atoms with E-state index in [1.165, 1.54) is 0 Å². The van der Waals surface area contributed by atoms with Gasteiger partial charge in [-0.2, -0.15) is 0 Å². The monoisotopic (exact) mass is 710 g/mol. The van der Waals surface area contributed by atoms with Crippen molar-refractivity contribution in [3.05, 3.63) is 82.9 Å². The van der Waals surface area contributed by atoms with Gasteiger partial charge in [0.2, 0.25) is 0 Å². The van der Waals surface area contributed by atoms with Gasteiger partial charge in [0.25, 0.3) is 0 Å². The van der Waals surface area contributed by atoms with Gasteiger partial charge in [-0.25, -0.2) is 4.79 Å². The Morgan fingerprint density at radius 3 is 1.59 bits per heavy atom. The lowest BCUT2D eigenvalue weighted by molar-refractivity contribution is -0.156. The summed E-state index contributed by atoms with van der Waals surface area (Å²) in [6, 6.07) is 23.5. The molecule has 0 aliphatic rings. The van der Waals surface area contributed by atoms with E-state index < -0.39 is 40.4 Å². The van der Waals surface area contributed by atoms with Crippen LogP contribution in [0.25, 0.3) is 0 Å². The highest BCUT2D eigenvalue weighted by Gasteiger charge is 2.46. The van der Waals surface area contributed by atoms with Gasteiger partial charge in [0.1, 0.15) is 6.10 Å². The molecule has 0 aliphatic heterocycles. The van der Waals surface area contributed by atoms with Gasteiger partial charge < -0.3 is 18.7 Å². The number of aliphatic hydroxyl groups is 1. The number of hydrogen-bond donors (Lipinski definition) is 1. The van der Waals surface area contributed by atoms with Crippen LogP contribution in [0.3, 0.4) is 0 Å². The molecule has 0 radical (unpaired) electrons. The third kappa shape index (κ3) is 10.5. The van der Waals surface area contributed by atoms with E-state index in [0.717, 1.165) is 46.8 Å². The topological polar surface area (TPSA) is 65.0 Å². The molecular formula is C42H70O5Si2. The fourth-order valence-electron chi connectivity index (χ4n) is 6.75. The summed E-state index contributed by atoms with van der Waals surface area (Å²) in [7, 11) is -4.27. The molecule has 7 heteroatoms. The molecule has 1 N–H and O–H groups in total. The highest BCUT2D eigenvalue weighted by atomic mass is 28.4. The van der Waals surface area contributed by atoms with Gasteiger partial charge in [-0.15, -0.1) is 0 Å². The number of carbonyl (C=O) groups is 1. The lowest BCUT2D eigenvalue weighted by Crippen LogP contribution is -2.51. The molecule has 49 heavy (non-hydrogen) atoms. The average Bonchev–Trinajstić information content (AvgIpc) is 3.07. The molecule has 5 nitrogen and oxygen atoms in total. The number of hydrogen-bond acceptors (Lipinski definition) is 5. The van der Waals surface area contributed by atoms with Crippen molar-refractivity contribution in [3.8, 4) is 0 Å². The van der Waals surface area contributed by atoms with Crippen LogP contribution in [-0.4, -0.2) is 52.1 Å². The number of esters is 1. The van der Waals surface area contributed by atoms with Crippen LogP contribution in [0, 0.1) is 11.3 Å². The van der Waals surface area contributed by atoms with Crippen LogP contribution in [0.4, 0.5) is 0 Å². The molecule has 2 rings (SSSR count). The van der Waals surface area contributed by atoms with Gasteiger partial charge in [0.05, 0.1) is 12.2 Å². The zero-order valence-corrected chi connectivity index (χ0v) is 35.6. The summed E-state index contributed by atoms with van der Waals surface area (Å²) in [6.07, 6.45) is -1.16. The van der Waals surface area contributed by atoms with E-state index in [-0.39, 0.29) is 28.9 Å². The van der Waals surface area contributed by atoms with Crippen molar-refractivity contribution in [2.24, 2.45) is 11.3 Å². The Labute approximate surface area is 302 Å². The van der Waals surface area contributed by atoms with Crippen molar-refractivity contribution in [1.82, 2.24) is 0 Å². The lowest BCUT2D eigenvalue weighted by Gasteiger charge is -2.45. The molecule has 0 spiro atoms. The number of rotatable bonds is 18. The third-order valence-electron chi connectivity index (χ3n) is 12.0. The molecule has 2 aromatic rings. The molecule has 0 fully saturated rings. The molecule has 2 unspecified atom stereocenters. The summed E-state index contributed by atoms with van der Waals surface area (Å²) >= 11 is 0. The largest absolute Gasteiger partial charge is 0.456 e. The molecule has 5 atom stereocenters. The van der Waals surface area contributed by atoms with Crippen molar-refractivity contribution in [3.63, 3.8) is 0 Å². The number of ether oxygens (including phenoxy) is 1. The van der Waals surface area contributed by atoms with E-state index in [1.54, 1.807) is 0 Å². The Bertz CT molecular complexity index is 1280. The highest BCUT2D eigenvalue weighted by Crippen LogP contribution is 2.42. The first-order valence-corrected chi connectivity index (χ1v) is 24.2. The average molecular weight is 711 g/mol. The maximum absolute atomic E-state index is 14.5. The minimum Gasteiger partial charge on any atom is -0.456 e. The number of benzene rings is 2. The Morgan fingerprint density at radius 1 is 0.755 bits per heavy atom. The Kier molecular flexibility index (Phi) is 15.8.